The molecule has 0 saturated heterocycles. The summed E-state index contributed by atoms with van der Waals surface area (Å²) in [5.41, 5.74) is 0.406. The lowest BCUT2D eigenvalue weighted by atomic mass is 10.1. The molecule has 1 aromatic rings. The highest BCUT2D eigenvalue weighted by atomic mass is 32.2. The van der Waals surface area contributed by atoms with Crippen LogP contribution in [0, 0.1) is 0 Å². The van der Waals surface area contributed by atoms with Gasteiger partial charge in [0, 0.05) is 11.6 Å². The van der Waals surface area contributed by atoms with Crippen LogP contribution >= 0.6 is 0 Å². The van der Waals surface area contributed by atoms with Gasteiger partial charge in [0.15, 0.2) is 6.61 Å². The van der Waals surface area contributed by atoms with Crippen molar-refractivity contribution in [2.75, 3.05) is 13.2 Å². The number of carbonyl (C=O) groups is 2. The van der Waals surface area contributed by atoms with Gasteiger partial charge < -0.3 is 10.1 Å². The molecule has 1 aliphatic heterocycles. The quantitative estimate of drug-likeness (QED) is 0.484. The maximum absolute atomic E-state index is 12.0. The Balaban J connectivity index is 1.80. The van der Waals surface area contributed by atoms with Gasteiger partial charge in [-0.1, -0.05) is 38.3 Å². The normalized spacial score (nSPS) is 17.0. The number of hydrogen-bond acceptors (Lipinski definition) is 6. The second kappa shape index (κ2) is 9.50. The van der Waals surface area contributed by atoms with E-state index >= 15 is 0 Å². The molecule has 0 radical (unpaired) electrons. The first-order valence-corrected chi connectivity index (χ1v) is 10.4. The highest BCUT2D eigenvalue weighted by Crippen LogP contribution is 2.21. The van der Waals surface area contributed by atoms with Crippen LogP contribution in [0.25, 0.3) is 0 Å². The molecule has 0 aromatic heterocycles. The van der Waals surface area contributed by atoms with Crippen LogP contribution in [0.5, 0.6) is 0 Å². The number of ether oxygens (including phenoxy) is 1. The van der Waals surface area contributed by atoms with Gasteiger partial charge in [-0.05, 0) is 25.5 Å². The fourth-order valence-electron chi connectivity index (χ4n) is 2.68. The van der Waals surface area contributed by atoms with Crippen LogP contribution in [-0.4, -0.2) is 45.3 Å². The number of aliphatic imine (C=N–C) groups is 1. The van der Waals surface area contributed by atoms with Gasteiger partial charge in [-0.15, -0.1) is 0 Å². The van der Waals surface area contributed by atoms with Crippen molar-refractivity contribution in [3.05, 3.63) is 29.8 Å². The Kier molecular flexibility index (Phi) is 7.35. The van der Waals surface area contributed by atoms with E-state index in [1.54, 1.807) is 18.2 Å². The number of unbranched alkanes of at least 4 members (excludes halogenated alkanes) is 2. The lowest BCUT2D eigenvalue weighted by Gasteiger charge is -2.13. The van der Waals surface area contributed by atoms with Gasteiger partial charge in [0.1, 0.15) is 12.4 Å². The SMILES string of the molecule is CCCCC[C@@H](C)NC(=O)COC(=O)CN=C1NS(=O)(=O)c2ccccc21. The predicted octanol–water partition coefficient (Wildman–Crippen LogP) is 1.35. The van der Waals surface area contributed by atoms with E-state index in [1.165, 1.54) is 6.07 Å². The van der Waals surface area contributed by atoms with Crippen molar-refractivity contribution >= 4 is 27.7 Å². The first-order valence-electron chi connectivity index (χ1n) is 8.95. The molecule has 0 spiro atoms. The van der Waals surface area contributed by atoms with Crippen molar-refractivity contribution in [3.63, 3.8) is 0 Å². The molecular weight excluding hydrogens is 370 g/mol. The summed E-state index contributed by atoms with van der Waals surface area (Å²) in [4.78, 5) is 27.7. The number of benzene rings is 1. The minimum Gasteiger partial charge on any atom is -0.454 e. The maximum atomic E-state index is 12.0. The molecule has 0 fully saturated rings. The smallest absolute Gasteiger partial charge is 0.328 e. The van der Waals surface area contributed by atoms with Crippen LogP contribution in [0.4, 0.5) is 0 Å². The Hall–Kier alpha value is -2.42. The molecule has 1 heterocycles. The van der Waals surface area contributed by atoms with E-state index in [1.807, 2.05) is 6.92 Å². The van der Waals surface area contributed by atoms with Gasteiger partial charge in [-0.3, -0.25) is 19.3 Å². The number of sulfonamides is 1. The summed E-state index contributed by atoms with van der Waals surface area (Å²) in [6, 6.07) is 6.38. The molecular formula is C18H25N3O5S. The third-order valence-corrected chi connectivity index (χ3v) is 5.44. The van der Waals surface area contributed by atoms with E-state index in [0.29, 0.717) is 5.56 Å². The molecule has 1 aliphatic rings. The Morgan fingerprint density at radius 1 is 1.26 bits per heavy atom. The predicted molar refractivity (Wildman–Crippen MR) is 101 cm³/mol. The van der Waals surface area contributed by atoms with Gasteiger partial charge in [0.25, 0.3) is 15.9 Å². The molecule has 9 heteroatoms. The van der Waals surface area contributed by atoms with Crippen molar-refractivity contribution in [2.24, 2.45) is 4.99 Å². The summed E-state index contributed by atoms with van der Waals surface area (Å²) < 4.78 is 31.1. The molecule has 1 aromatic carbocycles. The standard InChI is InChI=1S/C18H25N3O5S/c1-3-4-5-8-13(2)20-16(22)12-26-17(23)11-19-18-14-9-6-7-10-15(14)27(24,25)21-18/h6-7,9-10,13H,3-5,8,11-12H2,1-2H3,(H,19,21)(H,20,22)/t13-/m1/s1. The van der Waals surface area contributed by atoms with Gasteiger partial charge in [-0.2, -0.15) is 0 Å². The number of amidine groups is 1. The number of esters is 1. The highest BCUT2D eigenvalue weighted by Gasteiger charge is 2.30. The summed E-state index contributed by atoms with van der Waals surface area (Å²) in [5, 5.41) is 2.77. The molecule has 8 nitrogen and oxygen atoms in total. The van der Waals surface area contributed by atoms with Crippen LogP contribution in [0.3, 0.4) is 0 Å². The number of hydrogen-bond donors (Lipinski definition) is 2. The zero-order chi connectivity index (χ0) is 19.9. The first-order chi connectivity index (χ1) is 12.8. The average molecular weight is 395 g/mol. The number of carbonyl (C=O) groups excluding carboxylic acids is 2. The third kappa shape index (κ3) is 6.06. The second-order valence-electron chi connectivity index (χ2n) is 6.39. The van der Waals surface area contributed by atoms with E-state index in [-0.39, 0.29) is 35.8 Å². The largest absolute Gasteiger partial charge is 0.454 e. The molecule has 0 unspecified atom stereocenters. The van der Waals surface area contributed by atoms with Crippen LogP contribution in [-0.2, 0) is 24.3 Å². The lowest BCUT2D eigenvalue weighted by molar-refractivity contribution is -0.147. The Bertz CT molecular complexity index is 820. The molecule has 27 heavy (non-hydrogen) atoms. The Labute approximate surface area is 159 Å². The summed E-state index contributed by atoms with van der Waals surface area (Å²) >= 11 is 0. The summed E-state index contributed by atoms with van der Waals surface area (Å²) in [6.45, 7) is 3.25. The van der Waals surface area contributed by atoms with Crippen LogP contribution in [0.2, 0.25) is 0 Å². The Morgan fingerprint density at radius 2 is 2.00 bits per heavy atom. The van der Waals surface area contributed by atoms with E-state index in [9.17, 15) is 18.0 Å². The molecule has 0 saturated carbocycles. The minimum atomic E-state index is -3.65. The summed E-state index contributed by atoms with van der Waals surface area (Å²) in [5.74, 6) is -0.983. The van der Waals surface area contributed by atoms with Gasteiger partial charge >= 0.3 is 5.97 Å². The third-order valence-electron chi connectivity index (χ3n) is 4.04. The van der Waals surface area contributed by atoms with Crippen molar-refractivity contribution in [2.45, 2.75) is 50.5 Å². The molecule has 148 valence electrons. The van der Waals surface area contributed by atoms with Crippen molar-refractivity contribution in [3.8, 4) is 0 Å². The van der Waals surface area contributed by atoms with E-state index in [4.69, 9.17) is 4.74 Å². The number of nitrogens with zero attached hydrogens (tertiary/aromatic N) is 1. The van der Waals surface area contributed by atoms with E-state index < -0.39 is 16.0 Å². The number of fused-ring (bicyclic) bond motifs is 1. The molecule has 0 bridgehead atoms. The van der Waals surface area contributed by atoms with Crippen molar-refractivity contribution in [1.29, 1.82) is 0 Å². The van der Waals surface area contributed by atoms with Gasteiger partial charge in [0.2, 0.25) is 0 Å². The molecule has 2 N–H and O–H groups in total. The number of amides is 1. The topological polar surface area (TPSA) is 114 Å². The lowest BCUT2D eigenvalue weighted by Crippen LogP contribution is -2.36. The second-order valence-corrected chi connectivity index (χ2v) is 8.04. The molecule has 2 rings (SSSR count). The average Bonchev–Trinajstić information content (AvgIpc) is 2.89. The maximum Gasteiger partial charge on any atom is 0.328 e. The van der Waals surface area contributed by atoms with Crippen molar-refractivity contribution in [1.82, 2.24) is 10.0 Å². The van der Waals surface area contributed by atoms with E-state index in [0.717, 1.165) is 25.7 Å². The van der Waals surface area contributed by atoms with Crippen LogP contribution in [0.15, 0.2) is 34.2 Å². The fraction of sp³-hybridized carbons (Fsp3) is 0.500. The summed E-state index contributed by atoms with van der Waals surface area (Å²) in [7, 11) is -3.65. The molecule has 1 amide bonds. The summed E-state index contributed by atoms with van der Waals surface area (Å²) in [6.07, 6.45) is 4.14. The molecule has 0 aliphatic carbocycles. The van der Waals surface area contributed by atoms with Crippen LogP contribution < -0.4 is 10.0 Å². The highest BCUT2D eigenvalue weighted by molar-refractivity contribution is 7.90. The monoisotopic (exact) mass is 395 g/mol. The van der Waals surface area contributed by atoms with Gasteiger partial charge in [0.05, 0.1) is 4.90 Å². The van der Waals surface area contributed by atoms with E-state index in [2.05, 4.69) is 22.0 Å². The Morgan fingerprint density at radius 3 is 2.74 bits per heavy atom. The number of nitrogens with one attached hydrogen (secondary N) is 2. The van der Waals surface area contributed by atoms with Crippen molar-refractivity contribution < 1.29 is 22.7 Å². The fourth-order valence-corrected chi connectivity index (χ4v) is 3.93. The minimum absolute atomic E-state index is 0.0207. The zero-order valence-corrected chi connectivity index (χ0v) is 16.3. The van der Waals surface area contributed by atoms with Crippen LogP contribution in [0.1, 0.15) is 45.1 Å². The number of rotatable bonds is 9. The zero-order valence-electron chi connectivity index (χ0n) is 15.5. The first kappa shape index (κ1) is 20.9. The molecule has 1 atom stereocenters. The van der Waals surface area contributed by atoms with Gasteiger partial charge in [-0.25, -0.2) is 8.42 Å².